The Morgan fingerprint density at radius 2 is 2.09 bits per heavy atom. The fraction of sp³-hybridized carbons (Fsp3) is 0.0714. The highest BCUT2D eigenvalue weighted by Gasteiger charge is 2.08. The van der Waals surface area contributed by atoms with Crippen LogP contribution in [0.3, 0.4) is 0 Å². The molecular weight excluding hydrogens is 418 g/mol. The van der Waals surface area contributed by atoms with Gasteiger partial charge in [-0.2, -0.15) is 5.10 Å². The van der Waals surface area contributed by atoms with Gasteiger partial charge in [0.05, 0.1) is 28.4 Å². The van der Waals surface area contributed by atoms with Crippen LogP contribution in [0.25, 0.3) is 0 Å². The number of hydrazone groups is 1. The normalized spacial score (nSPS) is 10.7. The average molecular weight is 429 g/mol. The summed E-state index contributed by atoms with van der Waals surface area (Å²) in [6.45, 7) is 0. The summed E-state index contributed by atoms with van der Waals surface area (Å²) in [6.07, 6.45) is 1.58. The number of nitrogens with zero attached hydrogens (tertiary/aromatic N) is 2. The van der Waals surface area contributed by atoms with E-state index in [-0.39, 0.29) is 5.69 Å². The number of nitro benzene ring substituents is 1. The Hall–Kier alpha value is -1.93. The van der Waals surface area contributed by atoms with Crippen LogP contribution in [0.2, 0.25) is 0 Å². The van der Waals surface area contributed by atoms with Crippen LogP contribution in [0.4, 0.5) is 11.4 Å². The predicted molar refractivity (Wildman–Crippen MR) is 92.7 cm³/mol. The minimum Gasteiger partial charge on any atom is -0.495 e. The monoisotopic (exact) mass is 427 g/mol. The van der Waals surface area contributed by atoms with Crippen LogP contribution < -0.4 is 10.2 Å². The Bertz CT molecular complexity index is 735. The van der Waals surface area contributed by atoms with Crippen LogP contribution in [0.15, 0.2) is 50.4 Å². The number of anilines is 1. The van der Waals surface area contributed by atoms with Crippen LogP contribution >= 0.6 is 31.9 Å². The first-order valence-corrected chi connectivity index (χ1v) is 7.66. The van der Waals surface area contributed by atoms with Gasteiger partial charge in [0.25, 0.3) is 5.69 Å². The molecule has 0 atom stereocenters. The molecule has 0 aliphatic carbocycles. The smallest absolute Gasteiger partial charge is 0.271 e. The maximum atomic E-state index is 10.7. The zero-order chi connectivity index (χ0) is 16.1. The Morgan fingerprint density at radius 1 is 1.32 bits per heavy atom. The Labute approximate surface area is 143 Å². The summed E-state index contributed by atoms with van der Waals surface area (Å²) < 4.78 is 6.97. The van der Waals surface area contributed by atoms with Gasteiger partial charge in [-0.3, -0.25) is 15.5 Å². The third-order valence-corrected chi connectivity index (χ3v) is 3.74. The van der Waals surface area contributed by atoms with E-state index in [0.717, 1.165) is 14.5 Å². The standard InChI is InChI=1S/C14H11Br2N3O3/c1-22-14-9(5-10(15)6-13(14)16)8-17-18-11-3-2-4-12(7-11)19(20)21/h2-8,18H,1H3. The summed E-state index contributed by atoms with van der Waals surface area (Å²) in [5, 5.41) is 14.8. The number of hydrogen-bond acceptors (Lipinski definition) is 5. The number of benzene rings is 2. The van der Waals surface area contributed by atoms with Crippen molar-refractivity contribution in [1.29, 1.82) is 0 Å². The Kier molecular flexibility index (Phi) is 5.51. The topological polar surface area (TPSA) is 76.8 Å². The lowest BCUT2D eigenvalue weighted by atomic mass is 10.2. The summed E-state index contributed by atoms with van der Waals surface area (Å²) >= 11 is 6.80. The highest BCUT2D eigenvalue weighted by Crippen LogP contribution is 2.31. The summed E-state index contributed by atoms with van der Waals surface area (Å²) in [4.78, 5) is 10.3. The molecule has 2 rings (SSSR count). The highest BCUT2D eigenvalue weighted by molar-refractivity contribution is 9.11. The molecular formula is C14H11Br2N3O3. The minimum absolute atomic E-state index is 0.00276. The molecule has 0 bridgehead atoms. The van der Waals surface area contributed by atoms with Crippen molar-refractivity contribution in [3.05, 3.63) is 61.0 Å². The van der Waals surface area contributed by atoms with Gasteiger partial charge in [-0.05, 0) is 34.1 Å². The molecule has 1 N–H and O–H groups in total. The van der Waals surface area contributed by atoms with Crippen molar-refractivity contribution in [1.82, 2.24) is 0 Å². The first kappa shape index (κ1) is 16.4. The van der Waals surface area contributed by atoms with Gasteiger partial charge in [0.1, 0.15) is 5.75 Å². The van der Waals surface area contributed by atoms with E-state index in [1.807, 2.05) is 12.1 Å². The van der Waals surface area contributed by atoms with Crippen LogP contribution in [-0.4, -0.2) is 18.2 Å². The largest absolute Gasteiger partial charge is 0.495 e. The van der Waals surface area contributed by atoms with E-state index in [4.69, 9.17) is 4.74 Å². The third kappa shape index (κ3) is 4.05. The van der Waals surface area contributed by atoms with Gasteiger partial charge in [-0.1, -0.05) is 22.0 Å². The van der Waals surface area contributed by atoms with Crippen molar-refractivity contribution in [3.63, 3.8) is 0 Å². The maximum Gasteiger partial charge on any atom is 0.271 e. The molecule has 0 saturated heterocycles. The first-order chi connectivity index (χ1) is 10.5. The molecule has 0 aliphatic rings. The van der Waals surface area contributed by atoms with Gasteiger partial charge < -0.3 is 4.74 Å². The Morgan fingerprint density at radius 3 is 2.77 bits per heavy atom. The second-order valence-corrected chi connectivity index (χ2v) is 5.96. The van der Waals surface area contributed by atoms with Crippen molar-refractivity contribution < 1.29 is 9.66 Å². The molecule has 114 valence electrons. The van der Waals surface area contributed by atoms with Gasteiger partial charge in [0, 0.05) is 22.2 Å². The molecule has 0 radical (unpaired) electrons. The zero-order valence-corrected chi connectivity index (χ0v) is 14.6. The third-order valence-electron chi connectivity index (χ3n) is 2.70. The molecule has 0 heterocycles. The number of hydrogen-bond donors (Lipinski definition) is 1. The van der Waals surface area contributed by atoms with Gasteiger partial charge in [0.2, 0.25) is 0 Å². The average Bonchev–Trinajstić information content (AvgIpc) is 2.47. The summed E-state index contributed by atoms with van der Waals surface area (Å²) in [5.41, 5.74) is 4.04. The number of non-ortho nitro benzene ring substituents is 1. The van der Waals surface area contributed by atoms with E-state index >= 15 is 0 Å². The van der Waals surface area contributed by atoms with Gasteiger partial charge in [-0.25, -0.2) is 0 Å². The van der Waals surface area contributed by atoms with Crippen molar-refractivity contribution in [2.24, 2.45) is 5.10 Å². The molecule has 6 nitrogen and oxygen atoms in total. The van der Waals surface area contributed by atoms with Crippen LogP contribution in [0.5, 0.6) is 5.75 Å². The Balaban J connectivity index is 2.20. The number of nitro groups is 1. The fourth-order valence-corrected chi connectivity index (χ4v) is 3.18. The molecule has 22 heavy (non-hydrogen) atoms. The van der Waals surface area contributed by atoms with Crippen molar-refractivity contribution in [2.75, 3.05) is 12.5 Å². The van der Waals surface area contributed by atoms with Crippen LogP contribution in [0.1, 0.15) is 5.56 Å². The summed E-state index contributed by atoms with van der Waals surface area (Å²) in [7, 11) is 1.57. The first-order valence-electron chi connectivity index (χ1n) is 6.08. The van der Waals surface area contributed by atoms with E-state index in [1.54, 1.807) is 25.5 Å². The van der Waals surface area contributed by atoms with Crippen LogP contribution in [0, 0.1) is 10.1 Å². The van der Waals surface area contributed by atoms with E-state index in [0.29, 0.717) is 11.4 Å². The van der Waals surface area contributed by atoms with Gasteiger partial charge >= 0.3 is 0 Å². The molecule has 0 unspecified atom stereocenters. The quantitative estimate of drug-likeness (QED) is 0.429. The summed E-state index contributed by atoms with van der Waals surface area (Å²) in [6, 6.07) is 9.83. The number of methoxy groups -OCH3 is 1. The molecule has 8 heteroatoms. The predicted octanol–water partition coefficient (Wildman–Crippen LogP) is 4.57. The van der Waals surface area contributed by atoms with E-state index in [9.17, 15) is 10.1 Å². The lowest BCUT2D eigenvalue weighted by Crippen LogP contribution is -1.96. The van der Waals surface area contributed by atoms with Crippen molar-refractivity contribution in [3.8, 4) is 5.75 Å². The van der Waals surface area contributed by atoms with Crippen molar-refractivity contribution >= 4 is 49.4 Å². The van der Waals surface area contributed by atoms with E-state index < -0.39 is 4.92 Å². The second-order valence-electron chi connectivity index (χ2n) is 4.19. The lowest BCUT2D eigenvalue weighted by Gasteiger charge is -2.08. The molecule has 0 amide bonds. The lowest BCUT2D eigenvalue weighted by molar-refractivity contribution is -0.384. The SMILES string of the molecule is COc1c(Br)cc(Br)cc1C=NNc1cccc([N+](=O)[O-])c1. The second kappa shape index (κ2) is 7.37. The van der Waals surface area contributed by atoms with E-state index in [2.05, 4.69) is 42.4 Å². The molecule has 0 aromatic heterocycles. The fourth-order valence-electron chi connectivity index (χ4n) is 1.76. The highest BCUT2D eigenvalue weighted by atomic mass is 79.9. The van der Waals surface area contributed by atoms with E-state index in [1.165, 1.54) is 12.1 Å². The molecule has 0 fully saturated rings. The van der Waals surface area contributed by atoms with Crippen molar-refractivity contribution in [2.45, 2.75) is 0 Å². The molecule has 0 spiro atoms. The zero-order valence-electron chi connectivity index (χ0n) is 11.4. The minimum atomic E-state index is -0.455. The molecule has 0 saturated carbocycles. The molecule has 2 aromatic carbocycles. The molecule has 2 aromatic rings. The number of ether oxygens (including phenoxy) is 1. The number of nitrogens with one attached hydrogen (secondary N) is 1. The molecule has 0 aliphatic heterocycles. The van der Waals surface area contributed by atoms with Gasteiger partial charge in [-0.15, -0.1) is 0 Å². The van der Waals surface area contributed by atoms with Gasteiger partial charge in [0.15, 0.2) is 0 Å². The maximum absolute atomic E-state index is 10.7. The summed E-state index contributed by atoms with van der Waals surface area (Å²) in [5.74, 6) is 0.646. The number of halogens is 2. The number of rotatable bonds is 5. The van der Waals surface area contributed by atoms with Crippen LogP contribution in [-0.2, 0) is 0 Å².